The first-order valence-corrected chi connectivity index (χ1v) is 11.7. The Labute approximate surface area is 200 Å². The summed E-state index contributed by atoms with van der Waals surface area (Å²) in [4.78, 5) is 36.1. The molecule has 1 heterocycles. The molecule has 2 aromatic carbocycles. The largest absolute Gasteiger partial charge is 0.494 e. The number of carboxylic acids is 1. The summed E-state index contributed by atoms with van der Waals surface area (Å²) in [6.07, 6.45) is 0.653. The van der Waals surface area contributed by atoms with Crippen LogP contribution in [0.5, 0.6) is 5.75 Å². The van der Waals surface area contributed by atoms with Crippen LogP contribution in [0, 0.1) is 5.92 Å². The lowest BCUT2D eigenvalue weighted by molar-refractivity contribution is -0.138. The van der Waals surface area contributed by atoms with E-state index in [1.807, 2.05) is 18.2 Å². The number of carbonyl (C=O) groups is 3. The van der Waals surface area contributed by atoms with E-state index in [2.05, 4.69) is 29.8 Å². The normalized spacial score (nSPS) is 13.3. The van der Waals surface area contributed by atoms with E-state index < -0.39 is 12.0 Å². The van der Waals surface area contributed by atoms with Crippen LogP contribution in [-0.4, -0.2) is 29.5 Å². The maximum absolute atomic E-state index is 12.5. The van der Waals surface area contributed by atoms with Crippen molar-refractivity contribution < 1.29 is 24.2 Å². The number of carboxylic acid groups (broad SMARTS) is 1. The number of carbonyl (C=O) groups excluding carboxylic acids is 2. The average molecular weight is 468 g/mol. The van der Waals surface area contributed by atoms with Crippen molar-refractivity contribution in [2.24, 2.45) is 5.92 Å². The Hall–Kier alpha value is -3.39. The zero-order valence-corrected chi connectivity index (χ0v) is 19.7. The molecule has 34 heavy (non-hydrogen) atoms. The molecule has 1 aliphatic heterocycles. The van der Waals surface area contributed by atoms with E-state index in [1.54, 1.807) is 24.3 Å². The quantitative estimate of drug-likeness (QED) is 0.378. The SMILES string of the molecule is CC(C)CCOc1ccc(C(CC(=O)O)NC(=O)CCC(=O)Nc2ccc3c(c2)CNC3)cc1. The molecule has 2 amide bonds. The minimum atomic E-state index is -1.02. The molecule has 0 saturated heterocycles. The Morgan fingerprint density at radius 1 is 1.00 bits per heavy atom. The Bertz CT molecular complexity index is 1000. The second-order valence-electron chi connectivity index (χ2n) is 8.95. The van der Waals surface area contributed by atoms with Crippen LogP contribution in [0.3, 0.4) is 0 Å². The van der Waals surface area contributed by atoms with Gasteiger partial charge in [0.25, 0.3) is 0 Å². The summed E-state index contributed by atoms with van der Waals surface area (Å²) >= 11 is 0. The van der Waals surface area contributed by atoms with Gasteiger partial charge in [-0.15, -0.1) is 0 Å². The molecule has 3 rings (SSSR count). The number of ether oxygens (including phenoxy) is 1. The zero-order valence-electron chi connectivity index (χ0n) is 19.7. The molecule has 0 aliphatic carbocycles. The lowest BCUT2D eigenvalue weighted by Gasteiger charge is -2.18. The van der Waals surface area contributed by atoms with Crippen molar-refractivity contribution in [2.45, 2.75) is 58.7 Å². The van der Waals surface area contributed by atoms with Gasteiger partial charge in [-0.3, -0.25) is 14.4 Å². The molecule has 1 unspecified atom stereocenters. The lowest BCUT2D eigenvalue weighted by Crippen LogP contribution is -2.30. The summed E-state index contributed by atoms with van der Waals surface area (Å²) in [7, 11) is 0. The third-order valence-electron chi connectivity index (χ3n) is 5.66. The van der Waals surface area contributed by atoms with Gasteiger partial charge < -0.3 is 25.8 Å². The number of hydrogen-bond donors (Lipinski definition) is 4. The Balaban J connectivity index is 1.50. The summed E-state index contributed by atoms with van der Waals surface area (Å²) in [6, 6.07) is 12.1. The molecule has 0 fully saturated rings. The van der Waals surface area contributed by atoms with Crippen LogP contribution in [0.4, 0.5) is 5.69 Å². The Morgan fingerprint density at radius 3 is 2.41 bits per heavy atom. The molecule has 0 aromatic heterocycles. The van der Waals surface area contributed by atoms with Crippen molar-refractivity contribution in [3.05, 3.63) is 59.2 Å². The molecule has 1 aliphatic rings. The summed E-state index contributed by atoms with van der Waals surface area (Å²) < 4.78 is 5.70. The van der Waals surface area contributed by atoms with Crippen LogP contribution >= 0.6 is 0 Å². The van der Waals surface area contributed by atoms with Crippen molar-refractivity contribution in [3.8, 4) is 5.75 Å². The van der Waals surface area contributed by atoms with Crippen molar-refractivity contribution in [2.75, 3.05) is 11.9 Å². The second kappa shape index (κ2) is 12.2. The first-order valence-electron chi connectivity index (χ1n) is 11.7. The monoisotopic (exact) mass is 467 g/mol. The predicted molar refractivity (Wildman–Crippen MR) is 129 cm³/mol. The van der Waals surface area contributed by atoms with Gasteiger partial charge in [0.15, 0.2) is 0 Å². The number of benzene rings is 2. The minimum absolute atomic E-state index is 0.00356. The summed E-state index contributed by atoms with van der Waals surface area (Å²) in [5.41, 5.74) is 3.75. The molecule has 0 bridgehead atoms. The fourth-order valence-corrected chi connectivity index (χ4v) is 3.73. The molecular formula is C26H33N3O5. The van der Waals surface area contributed by atoms with Crippen LogP contribution in [0.2, 0.25) is 0 Å². The van der Waals surface area contributed by atoms with E-state index >= 15 is 0 Å². The molecule has 8 heteroatoms. The summed E-state index contributed by atoms with van der Waals surface area (Å²) in [5, 5.41) is 18.1. The highest BCUT2D eigenvalue weighted by Gasteiger charge is 2.19. The van der Waals surface area contributed by atoms with E-state index in [4.69, 9.17) is 4.74 Å². The van der Waals surface area contributed by atoms with Crippen molar-refractivity contribution >= 4 is 23.5 Å². The highest BCUT2D eigenvalue weighted by molar-refractivity contribution is 5.93. The van der Waals surface area contributed by atoms with Gasteiger partial charge in [-0.05, 0) is 53.3 Å². The van der Waals surface area contributed by atoms with Crippen LogP contribution in [-0.2, 0) is 27.5 Å². The van der Waals surface area contributed by atoms with Crippen molar-refractivity contribution in [1.29, 1.82) is 0 Å². The van der Waals surface area contributed by atoms with E-state index in [1.165, 1.54) is 5.56 Å². The highest BCUT2D eigenvalue weighted by Crippen LogP contribution is 2.22. The first-order chi connectivity index (χ1) is 16.3. The Morgan fingerprint density at radius 2 is 1.71 bits per heavy atom. The lowest BCUT2D eigenvalue weighted by atomic mass is 10.0. The number of fused-ring (bicyclic) bond motifs is 1. The molecular weight excluding hydrogens is 434 g/mol. The standard InChI is InChI=1S/C26H33N3O5/c1-17(2)11-12-34-22-7-4-18(5-8-22)23(14-26(32)33)29-25(31)10-9-24(30)28-21-6-3-19-15-27-16-20(19)13-21/h3-8,13,17,23,27H,9-12,14-16H2,1-2H3,(H,28,30)(H,29,31)(H,32,33). The van der Waals surface area contributed by atoms with Crippen molar-refractivity contribution in [3.63, 3.8) is 0 Å². The van der Waals surface area contributed by atoms with Gasteiger partial charge in [-0.1, -0.05) is 32.0 Å². The summed E-state index contributed by atoms with van der Waals surface area (Å²) in [5.74, 6) is -0.423. The van der Waals surface area contributed by atoms with Gasteiger partial charge in [-0.2, -0.15) is 0 Å². The molecule has 1 atom stereocenters. The van der Waals surface area contributed by atoms with E-state index in [9.17, 15) is 19.5 Å². The number of anilines is 1. The van der Waals surface area contributed by atoms with Crippen LogP contribution in [0.1, 0.15) is 62.3 Å². The van der Waals surface area contributed by atoms with Crippen LogP contribution in [0.25, 0.3) is 0 Å². The smallest absolute Gasteiger partial charge is 0.305 e. The molecule has 0 spiro atoms. The number of rotatable bonds is 12. The third kappa shape index (κ3) is 7.88. The number of amides is 2. The minimum Gasteiger partial charge on any atom is -0.494 e. The van der Waals surface area contributed by atoms with Gasteiger partial charge in [0, 0.05) is 31.6 Å². The molecule has 0 saturated carbocycles. The van der Waals surface area contributed by atoms with Gasteiger partial charge in [0.1, 0.15) is 5.75 Å². The second-order valence-corrected chi connectivity index (χ2v) is 8.95. The van der Waals surface area contributed by atoms with Gasteiger partial charge >= 0.3 is 5.97 Å². The number of aliphatic carboxylic acids is 1. The van der Waals surface area contributed by atoms with Crippen LogP contribution < -0.4 is 20.7 Å². The fraction of sp³-hybridized carbons (Fsp3) is 0.423. The van der Waals surface area contributed by atoms with Gasteiger partial charge in [-0.25, -0.2) is 0 Å². The highest BCUT2D eigenvalue weighted by atomic mass is 16.5. The van der Waals surface area contributed by atoms with Gasteiger partial charge in [0.05, 0.1) is 19.1 Å². The maximum atomic E-state index is 12.5. The first kappa shape index (κ1) is 25.2. The molecule has 8 nitrogen and oxygen atoms in total. The average Bonchev–Trinajstić information content (AvgIpc) is 3.25. The maximum Gasteiger partial charge on any atom is 0.305 e. The molecule has 182 valence electrons. The Kier molecular flexibility index (Phi) is 9.04. The number of hydrogen-bond acceptors (Lipinski definition) is 5. The fourth-order valence-electron chi connectivity index (χ4n) is 3.73. The van der Waals surface area contributed by atoms with Gasteiger partial charge in [0.2, 0.25) is 11.8 Å². The topological polar surface area (TPSA) is 117 Å². The zero-order chi connectivity index (χ0) is 24.5. The van der Waals surface area contributed by atoms with E-state index in [0.717, 1.165) is 25.1 Å². The summed E-state index contributed by atoms with van der Waals surface area (Å²) in [6.45, 7) is 6.46. The predicted octanol–water partition coefficient (Wildman–Crippen LogP) is 3.77. The molecule has 4 N–H and O–H groups in total. The van der Waals surface area contributed by atoms with E-state index in [0.29, 0.717) is 29.5 Å². The van der Waals surface area contributed by atoms with E-state index in [-0.39, 0.29) is 31.1 Å². The van der Waals surface area contributed by atoms with Crippen molar-refractivity contribution in [1.82, 2.24) is 10.6 Å². The molecule has 2 aromatic rings. The number of nitrogens with one attached hydrogen (secondary N) is 3. The van der Waals surface area contributed by atoms with Crippen LogP contribution in [0.15, 0.2) is 42.5 Å². The molecule has 0 radical (unpaired) electrons. The third-order valence-corrected chi connectivity index (χ3v) is 5.66.